The minimum Gasteiger partial charge on any atom is -0.468 e. The van der Waals surface area contributed by atoms with Crippen LogP contribution in [0.3, 0.4) is 0 Å². The van der Waals surface area contributed by atoms with E-state index in [1.54, 1.807) is 7.05 Å². The minimum absolute atomic E-state index is 0.00727. The fourth-order valence-corrected chi connectivity index (χ4v) is 0.547. The molecule has 0 aromatic carbocycles. The van der Waals surface area contributed by atoms with Crippen LogP contribution in [0.2, 0.25) is 0 Å². The fraction of sp³-hybridized carbons (Fsp3) is 0.667. The van der Waals surface area contributed by atoms with Gasteiger partial charge in [0.1, 0.15) is 12.6 Å². The molecule has 0 aliphatic heterocycles. The van der Waals surface area contributed by atoms with Crippen LogP contribution in [0, 0.1) is 0 Å². The highest BCUT2D eigenvalue weighted by Crippen LogP contribution is 1.86. The first-order valence-electron chi connectivity index (χ1n) is 3.06. The van der Waals surface area contributed by atoms with Gasteiger partial charge < -0.3 is 14.8 Å². The number of hydrogen-bond donors (Lipinski definition) is 1. The van der Waals surface area contributed by atoms with Gasteiger partial charge in [-0.05, 0) is 7.05 Å². The van der Waals surface area contributed by atoms with E-state index in [4.69, 9.17) is 0 Å². The van der Waals surface area contributed by atoms with Gasteiger partial charge in [0.05, 0.1) is 7.11 Å². The second kappa shape index (κ2) is 5.67. The van der Waals surface area contributed by atoms with Crippen molar-refractivity contribution in [1.29, 1.82) is 0 Å². The molecule has 0 aromatic heterocycles. The van der Waals surface area contributed by atoms with E-state index >= 15 is 0 Å². The summed E-state index contributed by atoms with van der Waals surface area (Å²) in [5, 5.41) is 2.63. The lowest BCUT2D eigenvalue weighted by atomic mass is 10.3. The van der Waals surface area contributed by atoms with Crippen LogP contribution in [0.5, 0.6) is 0 Å². The van der Waals surface area contributed by atoms with Gasteiger partial charge in [-0.3, -0.25) is 9.59 Å². The summed E-state index contributed by atoms with van der Waals surface area (Å²) >= 11 is 0. The molecular weight excluding hydrogens is 150 g/mol. The second-order valence-corrected chi connectivity index (χ2v) is 1.79. The van der Waals surface area contributed by atoms with Crippen molar-refractivity contribution in [2.45, 2.75) is 6.04 Å². The van der Waals surface area contributed by atoms with Crippen molar-refractivity contribution in [1.82, 2.24) is 5.32 Å². The Bertz CT molecular complexity index is 137. The Morgan fingerprint density at radius 3 is 2.73 bits per heavy atom. The van der Waals surface area contributed by atoms with Crippen LogP contribution in [0.25, 0.3) is 0 Å². The minimum atomic E-state index is -0.579. The maximum Gasteiger partial charge on any atom is 0.326 e. The van der Waals surface area contributed by atoms with Gasteiger partial charge in [-0.2, -0.15) is 0 Å². The molecule has 0 rings (SSSR count). The molecule has 0 bridgehead atoms. The summed E-state index contributed by atoms with van der Waals surface area (Å²) in [7, 11) is 2.85. The normalized spacial score (nSPS) is 11.8. The number of esters is 1. The number of carbonyl (C=O) groups is 2. The first kappa shape index (κ1) is 9.90. The molecule has 1 atom stereocenters. The highest BCUT2D eigenvalue weighted by Gasteiger charge is 2.16. The molecule has 0 spiro atoms. The number of nitrogens with one attached hydrogen (secondary N) is 1. The molecule has 5 heteroatoms. The maximum atomic E-state index is 10.8. The average molecular weight is 161 g/mol. The van der Waals surface area contributed by atoms with Crippen LogP contribution >= 0.6 is 0 Å². The third-order valence-corrected chi connectivity index (χ3v) is 1.17. The first-order valence-corrected chi connectivity index (χ1v) is 3.06. The van der Waals surface area contributed by atoms with Gasteiger partial charge in [0.2, 0.25) is 0 Å². The fourth-order valence-electron chi connectivity index (χ4n) is 0.547. The Labute approximate surface area is 64.7 Å². The summed E-state index contributed by atoms with van der Waals surface area (Å²) in [4.78, 5) is 20.5. The first-order chi connectivity index (χ1) is 5.26. The summed E-state index contributed by atoms with van der Waals surface area (Å²) in [5.74, 6) is -0.450. The molecule has 64 valence electrons. The Morgan fingerprint density at radius 2 is 2.36 bits per heavy atom. The third-order valence-electron chi connectivity index (χ3n) is 1.17. The van der Waals surface area contributed by atoms with E-state index in [9.17, 15) is 9.59 Å². The second-order valence-electron chi connectivity index (χ2n) is 1.79. The molecule has 0 saturated heterocycles. The van der Waals surface area contributed by atoms with Crippen LogP contribution < -0.4 is 5.32 Å². The maximum absolute atomic E-state index is 10.8. The van der Waals surface area contributed by atoms with Crippen molar-refractivity contribution < 1.29 is 19.1 Å². The SMILES string of the molecule is CNC(COC=O)C(=O)OC. The predicted octanol–water partition coefficient (Wildman–Crippen LogP) is -1.08. The van der Waals surface area contributed by atoms with E-state index in [2.05, 4.69) is 14.8 Å². The van der Waals surface area contributed by atoms with E-state index < -0.39 is 12.0 Å². The molecule has 0 aliphatic rings. The molecule has 1 unspecified atom stereocenters. The van der Waals surface area contributed by atoms with E-state index in [1.807, 2.05) is 0 Å². The highest BCUT2D eigenvalue weighted by atomic mass is 16.5. The van der Waals surface area contributed by atoms with Gasteiger partial charge >= 0.3 is 5.97 Å². The average Bonchev–Trinajstić information content (AvgIpc) is 2.05. The van der Waals surface area contributed by atoms with Crippen LogP contribution in [-0.4, -0.2) is 39.2 Å². The van der Waals surface area contributed by atoms with Crippen molar-refractivity contribution in [3.05, 3.63) is 0 Å². The lowest BCUT2D eigenvalue weighted by molar-refractivity contribution is -0.145. The molecule has 0 heterocycles. The van der Waals surface area contributed by atoms with Crippen molar-refractivity contribution in [3.8, 4) is 0 Å². The predicted molar refractivity (Wildman–Crippen MR) is 36.9 cm³/mol. The van der Waals surface area contributed by atoms with E-state index in [0.717, 1.165) is 0 Å². The van der Waals surface area contributed by atoms with E-state index in [0.29, 0.717) is 0 Å². The van der Waals surface area contributed by atoms with Crippen LogP contribution in [0.15, 0.2) is 0 Å². The Kier molecular flexibility index (Phi) is 5.10. The quantitative estimate of drug-likeness (QED) is 0.410. The topological polar surface area (TPSA) is 64.6 Å². The van der Waals surface area contributed by atoms with Crippen LogP contribution in [0.1, 0.15) is 0 Å². The summed E-state index contributed by atoms with van der Waals surface area (Å²) in [5.41, 5.74) is 0. The zero-order chi connectivity index (χ0) is 8.69. The summed E-state index contributed by atoms with van der Waals surface area (Å²) in [6.07, 6.45) is 0. The Balaban J connectivity index is 3.74. The van der Waals surface area contributed by atoms with Gasteiger partial charge in [0.25, 0.3) is 6.47 Å². The Morgan fingerprint density at radius 1 is 1.73 bits per heavy atom. The molecule has 0 saturated carbocycles. The molecule has 11 heavy (non-hydrogen) atoms. The van der Waals surface area contributed by atoms with Gasteiger partial charge in [-0.15, -0.1) is 0 Å². The lowest BCUT2D eigenvalue weighted by Gasteiger charge is -2.10. The third kappa shape index (κ3) is 3.57. The molecule has 1 N–H and O–H groups in total. The van der Waals surface area contributed by atoms with Gasteiger partial charge in [0.15, 0.2) is 0 Å². The van der Waals surface area contributed by atoms with E-state index in [-0.39, 0.29) is 13.1 Å². The number of hydrogen-bond acceptors (Lipinski definition) is 5. The van der Waals surface area contributed by atoms with Gasteiger partial charge in [-0.1, -0.05) is 0 Å². The van der Waals surface area contributed by atoms with Crippen molar-refractivity contribution in [2.75, 3.05) is 20.8 Å². The number of ether oxygens (including phenoxy) is 2. The molecule has 0 fully saturated rings. The summed E-state index contributed by atoms with van der Waals surface area (Å²) in [6, 6.07) is -0.579. The Hall–Kier alpha value is -1.10. The zero-order valence-electron chi connectivity index (χ0n) is 6.49. The van der Waals surface area contributed by atoms with Gasteiger partial charge in [0, 0.05) is 0 Å². The molecule has 0 radical (unpaired) electrons. The standard InChI is InChI=1S/C6H11NO4/c1-7-5(3-11-4-8)6(9)10-2/h4-5,7H,3H2,1-2H3. The van der Waals surface area contributed by atoms with Gasteiger partial charge in [-0.25, -0.2) is 0 Å². The van der Waals surface area contributed by atoms with Crippen LogP contribution in [0.4, 0.5) is 0 Å². The van der Waals surface area contributed by atoms with Crippen molar-refractivity contribution in [2.24, 2.45) is 0 Å². The number of methoxy groups -OCH3 is 1. The molecule has 0 aromatic rings. The van der Waals surface area contributed by atoms with E-state index in [1.165, 1.54) is 7.11 Å². The number of likely N-dealkylation sites (N-methyl/N-ethyl adjacent to an activating group) is 1. The van der Waals surface area contributed by atoms with Crippen molar-refractivity contribution >= 4 is 12.4 Å². The summed E-state index contributed by atoms with van der Waals surface area (Å²) in [6.45, 7) is 0.278. The monoisotopic (exact) mass is 161 g/mol. The summed E-state index contributed by atoms with van der Waals surface area (Å²) < 4.78 is 8.77. The molecular formula is C6H11NO4. The molecule has 0 aliphatic carbocycles. The van der Waals surface area contributed by atoms with Crippen LogP contribution in [-0.2, 0) is 19.1 Å². The largest absolute Gasteiger partial charge is 0.468 e. The zero-order valence-corrected chi connectivity index (χ0v) is 6.49. The van der Waals surface area contributed by atoms with Crippen molar-refractivity contribution in [3.63, 3.8) is 0 Å². The molecule has 5 nitrogen and oxygen atoms in total. The lowest BCUT2D eigenvalue weighted by Crippen LogP contribution is -2.38. The highest BCUT2D eigenvalue weighted by molar-refractivity contribution is 5.75. The number of rotatable bonds is 5. The smallest absolute Gasteiger partial charge is 0.326 e. The number of carbonyl (C=O) groups excluding carboxylic acids is 2. The molecule has 0 amide bonds.